The van der Waals surface area contributed by atoms with Crippen LogP contribution in [0.3, 0.4) is 0 Å². The fourth-order valence-electron chi connectivity index (χ4n) is 1.39. The van der Waals surface area contributed by atoms with Crippen LogP contribution in [-0.4, -0.2) is 5.91 Å². The van der Waals surface area contributed by atoms with E-state index in [2.05, 4.69) is 5.32 Å². The average molecular weight is 253 g/mol. The quantitative estimate of drug-likeness (QED) is 0.895. The van der Waals surface area contributed by atoms with Crippen LogP contribution in [0, 0.1) is 11.6 Å². The summed E-state index contributed by atoms with van der Waals surface area (Å²) in [7, 11) is 0. The molecule has 17 heavy (non-hydrogen) atoms. The van der Waals surface area contributed by atoms with Gasteiger partial charge >= 0.3 is 0 Å². The lowest BCUT2D eigenvalue weighted by molar-refractivity contribution is 0.0955. The fraction of sp³-hybridized carbons (Fsp3) is 0.0833. The fourth-order valence-corrected chi connectivity index (χ4v) is 2.03. The third-order valence-corrected chi connectivity index (χ3v) is 2.99. The highest BCUT2D eigenvalue weighted by Crippen LogP contribution is 2.10. The molecule has 1 N–H and O–H groups in total. The van der Waals surface area contributed by atoms with Crippen molar-refractivity contribution in [1.82, 2.24) is 5.32 Å². The maximum Gasteiger partial charge on any atom is 0.261 e. The van der Waals surface area contributed by atoms with Gasteiger partial charge in [-0.15, -0.1) is 11.3 Å². The second-order valence-corrected chi connectivity index (χ2v) is 4.39. The number of amides is 1. The van der Waals surface area contributed by atoms with Crippen LogP contribution >= 0.6 is 11.3 Å². The van der Waals surface area contributed by atoms with Crippen molar-refractivity contribution >= 4 is 17.2 Å². The number of nitrogens with one attached hydrogen (secondary N) is 1. The number of benzene rings is 1. The van der Waals surface area contributed by atoms with Gasteiger partial charge in [-0.3, -0.25) is 4.79 Å². The molecule has 0 saturated heterocycles. The average Bonchev–Trinajstić information content (AvgIpc) is 2.78. The second kappa shape index (κ2) is 5.05. The summed E-state index contributed by atoms with van der Waals surface area (Å²) < 4.78 is 25.8. The summed E-state index contributed by atoms with van der Waals surface area (Å²) in [4.78, 5) is 12.1. The molecule has 1 amide bonds. The number of halogens is 2. The van der Waals surface area contributed by atoms with Crippen LogP contribution in [0.2, 0.25) is 0 Å². The molecule has 88 valence electrons. The molecule has 5 heteroatoms. The van der Waals surface area contributed by atoms with Crippen molar-refractivity contribution in [3.05, 3.63) is 57.8 Å². The number of thiophene rings is 1. The maximum absolute atomic E-state index is 12.9. The van der Waals surface area contributed by atoms with Crippen molar-refractivity contribution in [3.8, 4) is 0 Å². The minimum atomic E-state index is -0.648. The number of hydrogen-bond donors (Lipinski definition) is 1. The summed E-state index contributed by atoms with van der Waals surface area (Å²) in [6.45, 7) is 0.103. The summed E-state index contributed by atoms with van der Waals surface area (Å²) in [6.07, 6.45) is 0. The van der Waals surface area contributed by atoms with Gasteiger partial charge in [-0.05, 0) is 29.1 Å². The molecule has 0 saturated carbocycles. The highest BCUT2D eigenvalue weighted by molar-refractivity contribution is 7.12. The van der Waals surface area contributed by atoms with Crippen LogP contribution in [-0.2, 0) is 6.54 Å². The van der Waals surface area contributed by atoms with E-state index in [0.717, 1.165) is 6.07 Å². The normalized spacial score (nSPS) is 10.2. The molecular formula is C12H9F2NOS. The Labute approximate surface area is 101 Å². The highest BCUT2D eigenvalue weighted by atomic mass is 32.1. The molecule has 2 aromatic rings. The van der Waals surface area contributed by atoms with E-state index in [1.54, 1.807) is 17.5 Å². The van der Waals surface area contributed by atoms with Gasteiger partial charge in [-0.2, -0.15) is 0 Å². The van der Waals surface area contributed by atoms with Gasteiger partial charge in [0, 0.05) is 12.6 Å². The zero-order valence-corrected chi connectivity index (χ0v) is 9.56. The molecule has 1 heterocycles. The largest absolute Gasteiger partial charge is 0.347 e. The van der Waals surface area contributed by atoms with Crippen molar-refractivity contribution in [1.29, 1.82) is 0 Å². The number of carbonyl (C=O) groups excluding carboxylic acids is 1. The summed E-state index contributed by atoms with van der Waals surface area (Å²) in [5.41, 5.74) is 0.396. The van der Waals surface area contributed by atoms with E-state index in [1.807, 2.05) is 0 Å². The predicted octanol–water partition coefficient (Wildman–Crippen LogP) is 2.96. The summed E-state index contributed by atoms with van der Waals surface area (Å²) >= 11 is 1.31. The Kier molecular flexibility index (Phi) is 3.49. The van der Waals surface area contributed by atoms with Gasteiger partial charge < -0.3 is 5.32 Å². The summed E-state index contributed by atoms with van der Waals surface area (Å²) in [5, 5.41) is 4.38. The molecule has 2 rings (SSSR count). The Morgan fingerprint density at radius 2 is 1.94 bits per heavy atom. The van der Waals surface area contributed by atoms with Gasteiger partial charge in [0.2, 0.25) is 0 Å². The zero-order chi connectivity index (χ0) is 12.3. The van der Waals surface area contributed by atoms with Gasteiger partial charge in [-0.1, -0.05) is 6.07 Å². The van der Waals surface area contributed by atoms with E-state index in [1.165, 1.54) is 23.5 Å². The molecule has 0 aliphatic heterocycles. The predicted molar refractivity (Wildman–Crippen MR) is 61.8 cm³/mol. The van der Waals surface area contributed by atoms with Crippen LogP contribution in [0.25, 0.3) is 0 Å². The van der Waals surface area contributed by atoms with Gasteiger partial charge in [0.1, 0.15) is 11.6 Å². The Morgan fingerprint density at radius 3 is 2.53 bits per heavy atom. The SMILES string of the molecule is O=C(NCc1cc(F)cc(F)c1)c1cccs1. The number of rotatable bonds is 3. The standard InChI is InChI=1S/C12H9F2NOS/c13-9-4-8(5-10(14)6-9)7-15-12(16)11-2-1-3-17-11/h1-6H,7H2,(H,15,16). The summed E-state index contributed by atoms with van der Waals surface area (Å²) in [6, 6.07) is 6.63. The lowest BCUT2D eigenvalue weighted by atomic mass is 10.2. The van der Waals surface area contributed by atoms with E-state index in [9.17, 15) is 13.6 Å². The van der Waals surface area contributed by atoms with E-state index >= 15 is 0 Å². The lowest BCUT2D eigenvalue weighted by Gasteiger charge is -2.04. The molecule has 2 nitrogen and oxygen atoms in total. The molecule has 0 atom stereocenters. The van der Waals surface area contributed by atoms with Crippen molar-refractivity contribution in [2.75, 3.05) is 0 Å². The Bertz CT molecular complexity index is 505. The molecule has 0 fully saturated rings. The Morgan fingerprint density at radius 1 is 1.24 bits per heavy atom. The van der Waals surface area contributed by atoms with Gasteiger partial charge in [0.05, 0.1) is 4.88 Å². The molecule has 0 spiro atoms. The van der Waals surface area contributed by atoms with Crippen LogP contribution in [0.5, 0.6) is 0 Å². The van der Waals surface area contributed by atoms with Crippen LogP contribution in [0.1, 0.15) is 15.2 Å². The van der Waals surface area contributed by atoms with E-state index in [4.69, 9.17) is 0 Å². The zero-order valence-electron chi connectivity index (χ0n) is 8.74. The molecule has 0 radical (unpaired) electrons. The molecule has 1 aromatic carbocycles. The van der Waals surface area contributed by atoms with Crippen molar-refractivity contribution < 1.29 is 13.6 Å². The molecule has 0 aliphatic rings. The molecular weight excluding hydrogens is 244 g/mol. The molecule has 1 aromatic heterocycles. The van der Waals surface area contributed by atoms with Crippen molar-refractivity contribution in [2.24, 2.45) is 0 Å². The number of carbonyl (C=O) groups is 1. The Hall–Kier alpha value is -1.75. The van der Waals surface area contributed by atoms with E-state index in [-0.39, 0.29) is 12.5 Å². The minimum absolute atomic E-state index is 0.103. The molecule has 0 unspecified atom stereocenters. The van der Waals surface area contributed by atoms with Crippen LogP contribution in [0.15, 0.2) is 35.7 Å². The van der Waals surface area contributed by atoms with Crippen LogP contribution < -0.4 is 5.32 Å². The third kappa shape index (κ3) is 3.10. The topological polar surface area (TPSA) is 29.1 Å². The van der Waals surface area contributed by atoms with Crippen molar-refractivity contribution in [2.45, 2.75) is 6.54 Å². The summed E-state index contributed by atoms with van der Waals surface area (Å²) in [5.74, 6) is -1.54. The molecule has 0 aliphatic carbocycles. The second-order valence-electron chi connectivity index (χ2n) is 3.44. The number of hydrogen-bond acceptors (Lipinski definition) is 2. The van der Waals surface area contributed by atoms with Crippen LogP contribution in [0.4, 0.5) is 8.78 Å². The monoisotopic (exact) mass is 253 g/mol. The van der Waals surface area contributed by atoms with Crippen molar-refractivity contribution in [3.63, 3.8) is 0 Å². The first kappa shape index (κ1) is 11.7. The van der Waals surface area contributed by atoms with Gasteiger partial charge in [-0.25, -0.2) is 8.78 Å². The Balaban J connectivity index is 2.00. The first-order valence-electron chi connectivity index (χ1n) is 4.92. The van der Waals surface area contributed by atoms with E-state index in [0.29, 0.717) is 10.4 Å². The van der Waals surface area contributed by atoms with E-state index < -0.39 is 11.6 Å². The third-order valence-electron chi connectivity index (χ3n) is 2.12. The highest BCUT2D eigenvalue weighted by Gasteiger charge is 2.06. The first-order valence-corrected chi connectivity index (χ1v) is 5.80. The minimum Gasteiger partial charge on any atom is -0.347 e. The first-order chi connectivity index (χ1) is 8.15. The molecule has 0 bridgehead atoms. The van der Waals surface area contributed by atoms with Gasteiger partial charge in [0.15, 0.2) is 0 Å². The maximum atomic E-state index is 12.9. The smallest absolute Gasteiger partial charge is 0.261 e. The van der Waals surface area contributed by atoms with Gasteiger partial charge in [0.25, 0.3) is 5.91 Å². The lowest BCUT2D eigenvalue weighted by Crippen LogP contribution is -2.21.